The van der Waals surface area contributed by atoms with Crippen LogP contribution in [0.1, 0.15) is 33.0 Å². The third-order valence-corrected chi connectivity index (χ3v) is 4.19. The summed E-state index contributed by atoms with van der Waals surface area (Å²) in [5.74, 6) is -0.604. The highest BCUT2D eigenvalue weighted by atomic mass is 32.1. The predicted octanol–water partition coefficient (Wildman–Crippen LogP) is 3.25. The van der Waals surface area contributed by atoms with Crippen LogP contribution in [-0.4, -0.2) is 16.6 Å². The van der Waals surface area contributed by atoms with Gasteiger partial charge in [0.15, 0.2) is 0 Å². The molecule has 3 N–H and O–H groups in total. The lowest BCUT2D eigenvalue weighted by molar-refractivity contribution is -0.137. The van der Waals surface area contributed by atoms with Crippen LogP contribution in [0.25, 0.3) is 0 Å². The number of aliphatic hydroxyl groups is 1. The third kappa shape index (κ3) is 3.61. The Morgan fingerprint density at radius 1 is 1.38 bits per heavy atom. The average Bonchev–Trinajstić information content (AvgIpc) is 2.85. The smallest absolute Gasteiger partial charge is 0.387 e. The highest BCUT2D eigenvalue weighted by Gasteiger charge is 2.32. The number of aryl methyl sites for hydroxylation is 1. The minimum atomic E-state index is -4.42. The summed E-state index contributed by atoms with van der Waals surface area (Å²) in [4.78, 5) is 4.64. The molecule has 2 aromatic rings. The molecule has 1 aromatic carbocycles. The molecule has 0 aliphatic rings. The summed E-state index contributed by atoms with van der Waals surface area (Å²) in [6, 6.07) is 4.91. The Hall–Kier alpha value is -1.44. The van der Waals surface area contributed by atoms with Crippen LogP contribution < -0.4 is 5.73 Å². The minimum absolute atomic E-state index is 0.0411. The van der Waals surface area contributed by atoms with Crippen LogP contribution in [0.4, 0.5) is 13.2 Å². The fourth-order valence-corrected chi connectivity index (χ4v) is 2.94. The molecular weight excluding hydrogens is 301 g/mol. The second-order valence-corrected chi connectivity index (χ2v) is 5.96. The van der Waals surface area contributed by atoms with Gasteiger partial charge in [0.05, 0.1) is 21.6 Å². The van der Waals surface area contributed by atoms with Crippen LogP contribution in [-0.2, 0) is 6.18 Å². The Morgan fingerprint density at radius 3 is 2.62 bits per heavy atom. The van der Waals surface area contributed by atoms with Crippen molar-refractivity contribution in [3.63, 3.8) is 0 Å². The van der Waals surface area contributed by atoms with E-state index in [4.69, 9.17) is 5.73 Å². The van der Waals surface area contributed by atoms with E-state index in [1.165, 1.54) is 23.6 Å². The van der Waals surface area contributed by atoms with Gasteiger partial charge < -0.3 is 10.8 Å². The SMILES string of the molecule is Cc1ncc(C(O)C(CN)c2cccc(C(F)(F)F)c2)s1. The Kier molecular flexibility index (Phi) is 4.65. The maximum Gasteiger partial charge on any atom is 0.416 e. The summed E-state index contributed by atoms with van der Waals surface area (Å²) in [7, 11) is 0. The number of hydrogen-bond donors (Lipinski definition) is 2. The fourth-order valence-electron chi connectivity index (χ4n) is 2.11. The number of alkyl halides is 3. The molecule has 0 saturated carbocycles. The van der Waals surface area contributed by atoms with Gasteiger partial charge in [-0.2, -0.15) is 13.2 Å². The quantitative estimate of drug-likeness (QED) is 0.910. The van der Waals surface area contributed by atoms with Gasteiger partial charge in [0.25, 0.3) is 0 Å². The lowest BCUT2D eigenvalue weighted by Gasteiger charge is -2.21. The maximum atomic E-state index is 12.8. The molecule has 3 nitrogen and oxygen atoms in total. The fraction of sp³-hybridized carbons (Fsp3) is 0.357. The Bertz CT molecular complexity index is 612. The van der Waals surface area contributed by atoms with E-state index in [0.29, 0.717) is 10.4 Å². The zero-order valence-electron chi connectivity index (χ0n) is 11.3. The summed E-state index contributed by atoms with van der Waals surface area (Å²) in [5.41, 5.74) is 5.27. The van der Waals surface area contributed by atoms with Crippen LogP contribution in [0.2, 0.25) is 0 Å². The van der Waals surface area contributed by atoms with E-state index in [-0.39, 0.29) is 6.54 Å². The molecule has 0 radical (unpaired) electrons. The van der Waals surface area contributed by atoms with Gasteiger partial charge in [-0.25, -0.2) is 4.98 Å². The highest BCUT2D eigenvalue weighted by Crippen LogP contribution is 2.36. The number of nitrogens with two attached hydrogens (primary N) is 1. The molecule has 1 aromatic heterocycles. The molecule has 2 rings (SSSR count). The van der Waals surface area contributed by atoms with Crippen LogP contribution in [0, 0.1) is 6.92 Å². The molecule has 0 fully saturated rings. The van der Waals surface area contributed by atoms with Crippen molar-refractivity contribution in [2.24, 2.45) is 5.73 Å². The van der Waals surface area contributed by atoms with Crippen molar-refractivity contribution in [3.05, 3.63) is 51.5 Å². The van der Waals surface area contributed by atoms with Crippen molar-refractivity contribution in [3.8, 4) is 0 Å². The van der Waals surface area contributed by atoms with Crippen molar-refractivity contribution >= 4 is 11.3 Å². The van der Waals surface area contributed by atoms with E-state index >= 15 is 0 Å². The number of aromatic nitrogens is 1. The summed E-state index contributed by atoms with van der Waals surface area (Å²) >= 11 is 1.31. The topological polar surface area (TPSA) is 59.1 Å². The second-order valence-electron chi connectivity index (χ2n) is 4.69. The van der Waals surface area contributed by atoms with Crippen LogP contribution in [0.5, 0.6) is 0 Å². The molecule has 1 heterocycles. The van der Waals surface area contributed by atoms with E-state index < -0.39 is 23.8 Å². The Morgan fingerprint density at radius 2 is 2.10 bits per heavy atom. The van der Waals surface area contributed by atoms with Crippen molar-refractivity contribution < 1.29 is 18.3 Å². The van der Waals surface area contributed by atoms with E-state index in [9.17, 15) is 18.3 Å². The van der Waals surface area contributed by atoms with E-state index in [1.54, 1.807) is 13.0 Å². The van der Waals surface area contributed by atoms with Gasteiger partial charge in [0, 0.05) is 18.7 Å². The molecule has 2 unspecified atom stereocenters. The third-order valence-electron chi connectivity index (χ3n) is 3.21. The summed E-state index contributed by atoms with van der Waals surface area (Å²) in [6.07, 6.45) is -3.85. The van der Waals surface area contributed by atoms with Gasteiger partial charge in [-0.3, -0.25) is 0 Å². The number of rotatable bonds is 4. The summed E-state index contributed by atoms with van der Waals surface area (Å²) in [6.45, 7) is 1.84. The maximum absolute atomic E-state index is 12.8. The molecule has 21 heavy (non-hydrogen) atoms. The number of nitrogens with zero attached hydrogens (tertiary/aromatic N) is 1. The van der Waals surface area contributed by atoms with Crippen LogP contribution >= 0.6 is 11.3 Å². The van der Waals surface area contributed by atoms with Crippen molar-refractivity contribution in [2.75, 3.05) is 6.54 Å². The molecule has 0 amide bonds. The van der Waals surface area contributed by atoms with Crippen LogP contribution in [0.15, 0.2) is 30.5 Å². The molecule has 0 spiro atoms. The van der Waals surface area contributed by atoms with Gasteiger partial charge >= 0.3 is 6.18 Å². The normalized spacial score (nSPS) is 15.0. The largest absolute Gasteiger partial charge is 0.416 e. The molecule has 2 atom stereocenters. The first-order chi connectivity index (χ1) is 9.82. The number of aliphatic hydroxyl groups excluding tert-OH is 1. The molecule has 0 bridgehead atoms. The van der Waals surface area contributed by atoms with Crippen molar-refractivity contribution in [1.82, 2.24) is 4.98 Å². The van der Waals surface area contributed by atoms with Crippen LogP contribution in [0.3, 0.4) is 0 Å². The first-order valence-corrected chi connectivity index (χ1v) is 7.12. The van der Waals surface area contributed by atoms with Gasteiger partial charge in [-0.1, -0.05) is 18.2 Å². The lowest BCUT2D eigenvalue weighted by atomic mass is 9.91. The minimum Gasteiger partial charge on any atom is -0.387 e. The van der Waals surface area contributed by atoms with Gasteiger partial charge in [0.2, 0.25) is 0 Å². The average molecular weight is 316 g/mol. The van der Waals surface area contributed by atoms with E-state index in [2.05, 4.69) is 4.98 Å². The number of halogens is 3. The van der Waals surface area contributed by atoms with Gasteiger partial charge in [0.1, 0.15) is 0 Å². The molecule has 0 saturated heterocycles. The van der Waals surface area contributed by atoms with E-state index in [1.807, 2.05) is 0 Å². The molecule has 7 heteroatoms. The predicted molar refractivity (Wildman–Crippen MR) is 75.1 cm³/mol. The molecule has 114 valence electrons. The molecule has 0 aliphatic heterocycles. The molecule has 0 aliphatic carbocycles. The summed E-state index contributed by atoms with van der Waals surface area (Å²) < 4.78 is 38.3. The van der Waals surface area contributed by atoms with Crippen molar-refractivity contribution in [2.45, 2.75) is 25.1 Å². The lowest BCUT2D eigenvalue weighted by Crippen LogP contribution is -2.20. The zero-order valence-corrected chi connectivity index (χ0v) is 12.1. The van der Waals surface area contributed by atoms with Gasteiger partial charge in [-0.15, -0.1) is 11.3 Å². The Balaban J connectivity index is 2.33. The highest BCUT2D eigenvalue weighted by molar-refractivity contribution is 7.11. The second kappa shape index (κ2) is 6.13. The first kappa shape index (κ1) is 15.9. The summed E-state index contributed by atoms with van der Waals surface area (Å²) in [5, 5.41) is 11.1. The monoisotopic (exact) mass is 316 g/mol. The number of hydrogen-bond acceptors (Lipinski definition) is 4. The zero-order chi connectivity index (χ0) is 15.6. The first-order valence-electron chi connectivity index (χ1n) is 6.30. The Labute approximate surface area is 124 Å². The van der Waals surface area contributed by atoms with Crippen molar-refractivity contribution in [1.29, 1.82) is 0 Å². The van der Waals surface area contributed by atoms with E-state index in [0.717, 1.165) is 17.1 Å². The van der Waals surface area contributed by atoms with Gasteiger partial charge in [-0.05, 0) is 18.6 Å². The number of benzene rings is 1. The molecular formula is C14H15F3N2OS. The standard InChI is InChI=1S/C14H15F3N2OS/c1-8-19-7-12(21-8)13(20)11(6-18)9-3-2-4-10(5-9)14(15,16)17/h2-5,7,11,13,20H,6,18H2,1H3. The number of thiazole rings is 1.